The molecule has 0 spiro atoms. The third kappa shape index (κ3) is 4.34. The van der Waals surface area contributed by atoms with Crippen LogP contribution in [0, 0.1) is 0 Å². The SMILES string of the molecule is CCC(C[SiH](OC)OC)Oc1ccccc1. The number of benzene rings is 1. The van der Waals surface area contributed by atoms with E-state index in [1.165, 1.54) is 0 Å². The van der Waals surface area contributed by atoms with Gasteiger partial charge in [0.25, 0.3) is 0 Å². The molecule has 0 saturated carbocycles. The molecule has 0 saturated heterocycles. The predicted octanol–water partition coefficient (Wildman–Crippen LogP) is 2.36. The molecule has 1 atom stereocenters. The molecule has 1 aromatic carbocycles. The summed E-state index contributed by atoms with van der Waals surface area (Å²) in [5.74, 6) is 0.911. The van der Waals surface area contributed by atoms with Crippen molar-refractivity contribution in [2.75, 3.05) is 14.2 Å². The molecule has 0 amide bonds. The van der Waals surface area contributed by atoms with Gasteiger partial charge in [-0.3, -0.25) is 0 Å². The predicted molar refractivity (Wildman–Crippen MR) is 67.1 cm³/mol. The number of hydrogen-bond donors (Lipinski definition) is 0. The Bertz CT molecular complexity index is 275. The first kappa shape index (κ1) is 13.2. The van der Waals surface area contributed by atoms with E-state index >= 15 is 0 Å². The third-order valence-electron chi connectivity index (χ3n) is 2.48. The molecule has 0 bridgehead atoms. The van der Waals surface area contributed by atoms with Gasteiger partial charge in [-0.1, -0.05) is 25.1 Å². The van der Waals surface area contributed by atoms with Crippen molar-refractivity contribution in [3.8, 4) is 5.75 Å². The Morgan fingerprint density at radius 2 is 1.75 bits per heavy atom. The molecule has 0 N–H and O–H groups in total. The van der Waals surface area contributed by atoms with Crippen LogP contribution in [0.3, 0.4) is 0 Å². The van der Waals surface area contributed by atoms with Gasteiger partial charge in [0.1, 0.15) is 11.9 Å². The maximum Gasteiger partial charge on any atom is 0.324 e. The largest absolute Gasteiger partial charge is 0.491 e. The van der Waals surface area contributed by atoms with Gasteiger partial charge in [0.15, 0.2) is 0 Å². The zero-order valence-electron chi connectivity index (χ0n) is 10.2. The van der Waals surface area contributed by atoms with E-state index in [4.69, 9.17) is 13.6 Å². The zero-order chi connectivity index (χ0) is 11.8. The van der Waals surface area contributed by atoms with Gasteiger partial charge in [0.05, 0.1) is 0 Å². The van der Waals surface area contributed by atoms with Crippen molar-refractivity contribution in [1.29, 1.82) is 0 Å². The minimum atomic E-state index is -1.53. The smallest absolute Gasteiger partial charge is 0.324 e. The van der Waals surface area contributed by atoms with E-state index in [1.54, 1.807) is 14.2 Å². The van der Waals surface area contributed by atoms with E-state index in [1.807, 2.05) is 30.3 Å². The van der Waals surface area contributed by atoms with Crippen LogP contribution >= 0.6 is 0 Å². The Balaban J connectivity index is 2.49. The van der Waals surface area contributed by atoms with E-state index in [2.05, 4.69) is 6.92 Å². The minimum absolute atomic E-state index is 0.180. The fourth-order valence-electron chi connectivity index (χ4n) is 1.49. The molecule has 0 aliphatic carbocycles. The van der Waals surface area contributed by atoms with Gasteiger partial charge in [-0.2, -0.15) is 0 Å². The molecule has 16 heavy (non-hydrogen) atoms. The lowest BCUT2D eigenvalue weighted by Gasteiger charge is -2.20. The highest BCUT2D eigenvalue weighted by atomic mass is 28.3. The highest BCUT2D eigenvalue weighted by Gasteiger charge is 2.18. The Hall–Kier alpha value is -0.843. The van der Waals surface area contributed by atoms with Crippen LogP contribution in [0.4, 0.5) is 0 Å². The standard InChI is InChI=1S/C12H20O3Si/c1-4-11(10-16(13-2)14-3)15-12-8-6-5-7-9-12/h5-9,11,16H,4,10H2,1-3H3. The van der Waals surface area contributed by atoms with Gasteiger partial charge in [0.2, 0.25) is 0 Å². The van der Waals surface area contributed by atoms with Crippen LogP contribution < -0.4 is 4.74 Å². The topological polar surface area (TPSA) is 27.7 Å². The summed E-state index contributed by atoms with van der Waals surface area (Å²) in [6.07, 6.45) is 1.14. The fraction of sp³-hybridized carbons (Fsp3) is 0.500. The van der Waals surface area contributed by atoms with Crippen molar-refractivity contribution in [3.05, 3.63) is 30.3 Å². The van der Waals surface area contributed by atoms with Crippen LogP contribution in [0.2, 0.25) is 6.04 Å². The van der Waals surface area contributed by atoms with Crippen molar-refractivity contribution in [1.82, 2.24) is 0 Å². The summed E-state index contributed by atoms with van der Waals surface area (Å²) in [5.41, 5.74) is 0. The number of hydrogen-bond acceptors (Lipinski definition) is 3. The summed E-state index contributed by atoms with van der Waals surface area (Å²) in [5, 5.41) is 0. The highest BCUT2D eigenvalue weighted by Crippen LogP contribution is 2.16. The van der Waals surface area contributed by atoms with Crippen LogP contribution in [0.1, 0.15) is 13.3 Å². The summed E-state index contributed by atoms with van der Waals surface area (Å²) in [6, 6.07) is 10.7. The van der Waals surface area contributed by atoms with E-state index in [9.17, 15) is 0 Å². The summed E-state index contributed by atoms with van der Waals surface area (Å²) in [6.45, 7) is 2.12. The van der Waals surface area contributed by atoms with Crippen LogP contribution in [-0.4, -0.2) is 29.6 Å². The molecular formula is C12H20O3Si. The summed E-state index contributed by atoms with van der Waals surface area (Å²) >= 11 is 0. The molecule has 0 aliphatic heterocycles. The highest BCUT2D eigenvalue weighted by molar-refractivity contribution is 6.44. The first-order chi connectivity index (χ1) is 7.80. The molecule has 0 heterocycles. The summed E-state index contributed by atoms with van der Waals surface area (Å²) in [4.78, 5) is 0. The zero-order valence-corrected chi connectivity index (χ0v) is 11.3. The average Bonchev–Trinajstić information content (AvgIpc) is 2.35. The third-order valence-corrected chi connectivity index (χ3v) is 4.44. The monoisotopic (exact) mass is 240 g/mol. The summed E-state index contributed by atoms with van der Waals surface area (Å²) < 4.78 is 16.5. The number of rotatable bonds is 7. The quantitative estimate of drug-likeness (QED) is 0.685. The first-order valence-corrected chi connectivity index (χ1v) is 7.33. The second kappa shape index (κ2) is 7.43. The molecule has 0 fully saturated rings. The van der Waals surface area contributed by atoms with E-state index in [0.717, 1.165) is 18.2 Å². The second-order valence-electron chi connectivity index (χ2n) is 3.60. The van der Waals surface area contributed by atoms with Gasteiger partial charge in [-0.05, 0) is 18.6 Å². The van der Waals surface area contributed by atoms with Crippen LogP contribution in [-0.2, 0) is 8.85 Å². The number of ether oxygens (including phenoxy) is 1. The Morgan fingerprint density at radius 1 is 1.12 bits per heavy atom. The Labute approximate surface area is 99.2 Å². The second-order valence-corrected chi connectivity index (χ2v) is 5.87. The number of para-hydroxylation sites is 1. The van der Waals surface area contributed by atoms with Gasteiger partial charge < -0.3 is 13.6 Å². The molecule has 0 aliphatic rings. The summed E-state index contributed by atoms with van der Waals surface area (Å²) in [7, 11) is 1.87. The van der Waals surface area contributed by atoms with Crippen LogP contribution in [0.5, 0.6) is 5.75 Å². The Morgan fingerprint density at radius 3 is 2.25 bits per heavy atom. The van der Waals surface area contributed by atoms with Gasteiger partial charge in [-0.25, -0.2) is 0 Å². The maximum atomic E-state index is 5.87. The molecule has 1 rings (SSSR count). The van der Waals surface area contributed by atoms with Crippen molar-refractivity contribution in [2.45, 2.75) is 25.5 Å². The average molecular weight is 240 g/mol. The molecule has 0 aromatic heterocycles. The molecular weight excluding hydrogens is 220 g/mol. The van der Waals surface area contributed by atoms with Crippen LogP contribution in [0.25, 0.3) is 0 Å². The van der Waals surface area contributed by atoms with Crippen LogP contribution in [0.15, 0.2) is 30.3 Å². The fourth-order valence-corrected chi connectivity index (χ4v) is 2.93. The lowest BCUT2D eigenvalue weighted by Crippen LogP contribution is -2.28. The normalized spacial score (nSPS) is 12.8. The minimum Gasteiger partial charge on any atom is -0.491 e. The van der Waals surface area contributed by atoms with Gasteiger partial charge in [-0.15, -0.1) is 0 Å². The maximum absolute atomic E-state index is 5.87. The molecule has 90 valence electrons. The van der Waals surface area contributed by atoms with Crippen molar-refractivity contribution in [3.63, 3.8) is 0 Å². The van der Waals surface area contributed by atoms with Gasteiger partial charge >= 0.3 is 9.28 Å². The molecule has 0 radical (unpaired) electrons. The van der Waals surface area contributed by atoms with E-state index in [-0.39, 0.29) is 6.10 Å². The van der Waals surface area contributed by atoms with Crippen molar-refractivity contribution in [2.24, 2.45) is 0 Å². The lowest BCUT2D eigenvalue weighted by molar-refractivity contribution is 0.192. The van der Waals surface area contributed by atoms with Crippen molar-refractivity contribution < 1.29 is 13.6 Å². The molecule has 1 aromatic rings. The first-order valence-electron chi connectivity index (χ1n) is 5.57. The molecule has 1 unspecified atom stereocenters. The lowest BCUT2D eigenvalue weighted by atomic mass is 10.3. The molecule has 3 nitrogen and oxygen atoms in total. The van der Waals surface area contributed by atoms with E-state index in [0.29, 0.717) is 0 Å². The van der Waals surface area contributed by atoms with Gasteiger partial charge in [0, 0.05) is 20.3 Å². The Kier molecular flexibility index (Phi) is 6.14. The molecule has 4 heteroatoms. The van der Waals surface area contributed by atoms with Crippen molar-refractivity contribution >= 4 is 9.28 Å². The van der Waals surface area contributed by atoms with E-state index < -0.39 is 9.28 Å².